The zero-order valence-corrected chi connectivity index (χ0v) is 15.1. The van der Waals surface area contributed by atoms with Crippen LogP contribution in [0.1, 0.15) is 42.6 Å². The van der Waals surface area contributed by atoms with Gasteiger partial charge in [-0.1, -0.05) is 30.2 Å². The lowest BCUT2D eigenvalue weighted by Crippen LogP contribution is -2.49. The summed E-state index contributed by atoms with van der Waals surface area (Å²) in [5.74, 6) is 0.143. The molecule has 1 saturated carbocycles. The first-order valence-electron chi connectivity index (χ1n) is 8.57. The lowest BCUT2D eigenvalue weighted by molar-refractivity contribution is -0.129. The van der Waals surface area contributed by atoms with Gasteiger partial charge >= 0.3 is 0 Å². The van der Waals surface area contributed by atoms with Gasteiger partial charge in [0.25, 0.3) is 0 Å². The minimum atomic E-state index is -0.358. The SMILES string of the molecule is Cc1cc(C)n(CCCNC(=O)C2(c3ccc(Cl)cc3)CCC2)n1. The topological polar surface area (TPSA) is 46.9 Å². The van der Waals surface area contributed by atoms with E-state index in [-0.39, 0.29) is 11.3 Å². The minimum absolute atomic E-state index is 0.143. The van der Waals surface area contributed by atoms with Gasteiger partial charge in [0, 0.05) is 23.8 Å². The molecule has 1 heterocycles. The molecule has 0 saturated heterocycles. The normalized spacial score (nSPS) is 15.8. The molecule has 0 spiro atoms. The van der Waals surface area contributed by atoms with Crippen molar-refractivity contribution in [2.75, 3.05) is 6.54 Å². The van der Waals surface area contributed by atoms with Crippen LogP contribution < -0.4 is 5.32 Å². The number of nitrogens with one attached hydrogen (secondary N) is 1. The van der Waals surface area contributed by atoms with E-state index in [1.807, 2.05) is 35.9 Å². The standard InChI is InChI=1S/C19H24ClN3O/c1-14-13-15(2)23(22-14)12-4-11-21-18(24)19(9-3-10-19)16-5-7-17(20)8-6-16/h5-8,13H,3-4,9-12H2,1-2H3,(H,21,24). The van der Waals surface area contributed by atoms with Crippen molar-refractivity contribution < 1.29 is 4.79 Å². The van der Waals surface area contributed by atoms with Crippen LogP contribution in [0.25, 0.3) is 0 Å². The van der Waals surface area contributed by atoms with Gasteiger partial charge < -0.3 is 5.32 Å². The van der Waals surface area contributed by atoms with Gasteiger partial charge in [-0.3, -0.25) is 9.48 Å². The Bertz CT molecular complexity index is 717. The van der Waals surface area contributed by atoms with Crippen LogP contribution in [0.2, 0.25) is 5.02 Å². The minimum Gasteiger partial charge on any atom is -0.355 e. The largest absolute Gasteiger partial charge is 0.355 e. The van der Waals surface area contributed by atoms with Crippen LogP contribution in [0.4, 0.5) is 0 Å². The number of rotatable bonds is 6. The number of halogens is 1. The van der Waals surface area contributed by atoms with E-state index in [2.05, 4.69) is 23.4 Å². The van der Waals surface area contributed by atoms with Crippen LogP contribution in [0, 0.1) is 13.8 Å². The summed E-state index contributed by atoms with van der Waals surface area (Å²) in [6, 6.07) is 9.77. The maximum Gasteiger partial charge on any atom is 0.230 e. The number of aromatic nitrogens is 2. The number of benzene rings is 1. The fraction of sp³-hybridized carbons (Fsp3) is 0.474. The van der Waals surface area contributed by atoms with Crippen molar-refractivity contribution in [3.63, 3.8) is 0 Å². The van der Waals surface area contributed by atoms with Crippen LogP contribution >= 0.6 is 11.6 Å². The van der Waals surface area contributed by atoms with E-state index in [0.29, 0.717) is 11.6 Å². The van der Waals surface area contributed by atoms with Crippen molar-refractivity contribution in [1.29, 1.82) is 0 Å². The second-order valence-electron chi connectivity index (χ2n) is 6.70. The molecule has 4 nitrogen and oxygen atoms in total. The third-order valence-electron chi connectivity index (χ3n) is 4.97. The van der Waals surface area contributed by atoms with Gasteiger partial charge in [-0.2, -0.15) is 5.10 Å². The number of amides is 1. The zero-order valence-electron chi connectivity index (χ0n) is 14.3. The van der Waals surface area contributed by atoms with E-state index in [1.54, 1.807) is 0 Å². The van der Waals surface area contributed by atoms with Crippen molar-refractivity contribution in [2.24, 2.45) is 0 Å². The molecule has 128 valence electrons. The van der Waals surface area contributed by atoms with Gasteiger partial charge in [0.1, 0.15) is 0 Å². The van der Waals surface area contributed by atoms with E-state index >= 15 is 0 Å². The lowest BCUT2D eigenvalue weighted by atomic mass is 9.64. The Morgan fingerprint density at radius 1 is 1.29 bits per heavy atom. The summed E-state index contributed by atoms with van der Waals surface area (Å²) in [6.45, 7) is 5.56. The van der Waals surface area contributed by atoms with Gasteiger partial charge in [-0.25, -0.2) is 0 Å². The molecule has 1 N–H and O–H groups in total. The van der Waals surface area contributed by atoms with Crippen LogP contribution in [-0.2, 0) is 16.8 Å². The highest BCUT2D eigenvalue weighted by atomic mass is 35.5. The molecule has 0 atom stereocenters. The molecule has 1 aromatic heterocycles. The molecule has 1 aromatic carbocycles. The van der Waals surface area contributed by atoms with Gasteiger partial charge in [0.2, 0.25) is 5.91 Å². The smallest absolute Gasteiger partial charge is 0.230 e. The molecule has 1 fully saturated rings. The first-order chi connectivity index (χ1) is 11.5. The fourth-order valence-corrected chi connectivity index (χ4v) is 3.57. The zero-order chi connectivity index (χ0) is 17.2. The number of hydrogen-bond donors (Lipinski definition) is 1. The quantitative estimate of drug-likeness (QED) is 0.810. The average Bonchev–Trinajstić information content (AvgIpc) is 2.82. The predicted molar refractivity (Wildman–Crippen MR) is 96.3 cm³/mol. The maximum absolute atomic E-state index is 12.7. The third-order valence-corrected chi connectivity index (χ3v) is 5.23. The Balaban J connectivity index is 1.55. The first-order valence-corrected chi connectivity index (χ1v) is 8.94. The molecule has 0 aliphatic heterocycles. The summed E-state index contributed by atoms with van der Waals surface area (Å²) in [4.78, 5) is 12.7. The van der Waals surface area contributed by atoms with E-state index in [4.69, 9.17) is 11.6 Å². The molecule has 5 heteroatoms. The van der Waals surface area contributed by atoms with Crippen molar-refractivity contribution in [3.05, 3.63) is 52.3 Å². The van der Waals surface area contributed by atoms with Gasteiger partial charge in [-0.15, -0.1) is 0 Å². The molecule has 0 radical (unpaired) electrons. The van der Waals surface area contributed by atoms with Crippen LogP contribution in [0.5, 0.6) is 0 Å². The van der Waals surface area contributed by atoms with Crippen molar-refractivity contribution in [1.82, 2.24) is 15.1 Å². The Hall–Kier alpha value is -1.81. The Kier molecular flexibility index (Phi) is 4.95. The summed E-state index contributed by atoms with van der Waals surface area (Å²) in [6.07, 6.45) is 3.81. The average molecular weight is 346 g/mol. The van der Waals surface area contributed by atoms with E-state index < -0.39 is 0 Å². The molecule has 1 aliphatic carbocycles. The Morgan fingerprint density at radius 3 is 2.54 bits per heavy atom. The summed E-state index contributed by atoms with van der Waals surface area (Å²) in [5, 5.41) is 8.28. The Labute approximate surface area is 148 Å². The molecule has 0 bridgehead atoms. The lowest BCUT2D eigenvalue weighted by Gasteiger charge is -2.40. The predicted octanol–water partition coefficient (Wildman–Crippen LogP) is 3.78. The number of aryl methyl sites for hydroxylation is 3. The molecule has 1 aliphatic rings. The van der Waals surface area contributed by atoms with Crippen LogP contribution in [-0.4, -0.2) is 22.2 Å². The fourth-order valence-electron chi connectivity index (χ4n) is 3.45. The monoisotopic (exact) mass is 345 g/mol. The third kappa shape index (κ3) is 3.34. The highest BCUT2D eigenvalue weighted by molar-refractivity contribution is 6.30. The van der Waals surface area contributed by atoms with Crippen molar-refractivity contribution in [3.8, 4) is 0 Å². The van der Waals surface area contributed by atoms with Gasteiger partial charge in [-0.05, 0) is 56.9 Å². The van der Waals surface area contributed by atoms with E-state index in [1.165, 1.54) is 0 Å². The molecule has 2 aromatic rings. The van der Waals surface area contributed by atoms with Crippen LogP contribution in [0.3, 0.4) is 0 Å². The summed E-state index contributed by atoms with van der Waals surface area (Å²) in [7, 11) is 0. The summed E-state index contributed by atoms with van der Waals surface area (Å²) >= 11 is 5.97. The summed E-state index contributed by atoms with van der Waals surface area (Å²) < 4.78 is 2.00. The van der Waals surface area contributed by atoms with E-state index in [9.17, 15) is 4.79 Å². The van der Waals surface area contributed by atoms with Gasteiger partial charge in [0.15, 0.2) is 0 Å². The molecular weight excluding hydrogens is 322 g/mol. The number of hydrogen-bond acceptors (Lipinski definition) is 2. The Morgan fingerprint density at radius 2 is 2.00 bits per heavy atom. The first kappa shape index (κ1) is 17.0. The van der Waals surface area contributed by atoms with Crippen molar-refractivity contribution >= 4 is 17.5 Å². The highest BCUT2D eigenvalue weighted by Crippen LogP contribution is 2.44. The maximum atomic E-state index is 12.7. The molecule has 24 heavy (non-hydrogen) atoms. The van der Waals surface area contributed by atoms with Crippen molar-refractivity contribution in [2.45, 2.75) is 51.5 Å². The summed E-state index contributed by atoms with van der Waals surface area (Å²) in [5.41, 5.74) is 2.92. The molecule has 0 unspecified atom stereocenters. The highest BCUT2D eigenvalue weighted by Gasteiger charge is 2.45. The van der Waals surface area contributed by atoms with Gasteiger partial charge in [0.05, 0.1) is 11.1 Å². The molecular formula is C19H24ClN3O. The van der Waals surface area contributed by atoms with E-state index in [0.717, 1.165) is 49.2 Å². The number of nitrogens with zero attached hydrogens (tertiary/aromatic N) is 2. The second kappa shape index (κ2) is 6.98. The second-order valence-corrected chi connectivity index (χ2v) is 7.14. The number of carbonyl (C=O) groups is 1. The molecule has 1 amide bonds. The number of carbonyl (C=O) groups excluding carboxylic acids is 1. The van der Waals surface area contributed by atoms with Crippen LogP contribution in [0.15, 0.2) is 30.3 Å². The molecule has 3 rings (SSSR count).